The van der Waals surface area contributed by atoms with E-state index in [0.29, 0.717) is 19.4 Å². The van der Waals surface area contributed by atoms with Crippen LogP contribution in [0.25, 0.3) is 0 Å². The Morgan fingerprint density at radius 2 is 1.47 bits per heavy atom. The van der Waals surface area contributed by atoms with E-state index < -0.39 is 54.9 Å². The minimum absolute atomic E-state index is 0.0189. The average Bonchev–Trinajstić information content (AvgIpc) is 3.36. The third-order valence-electron chi connectivity index (χ3n) is 14.7. The summed E-state index contributed by atoms with van der Waals surface area (Å²) in [5, 5.41) is 0. The minimum Gasteiger partial charge on any atom is -0.332 e. The topological polar surface area (TPSA) is 123 Å². The van der Waals surface area contributed by atoms with Crippen LogP contribution >= 0.6 is 0 Å². The number of hydrogen-bond donors (Lipinski definition) is 0. The number of hydrogen-bond acceptors (Lipinski definition) is 7. The largest absolute Gasteiger partial charge is 0.332 e. The molecule has 296 valence electrons. The Bertz CT molecular complexity index is 1560. The van der Waals surface area contributed by atoms with Gasteiger partial charge in [0.2, 0.25) is 11.7 Å². The van der Waals surface area contributed by atoms with Gasteiger partial charge in [0.1, 0.15) is 5.78 Å². The zero-order valence-corrected chi connectivity index (χ0v) is 34.4. The van der Waals surface area contributed by atoms with Crippen molar-refractivity contribution in [3.05, 3.63) is 0 Å². The molecular formula is C44H67NO7S. The quantitative estimate of drug-likeness (QED) is 0.109. The number of carbonyl (C=O) groups excluding carboxylic acids is 5. The van der Waals surface area contributed by atoms with Crippen LogP contribution in [-0.2, 0) is 33.8 Å². The minimum atomic E-state index is -3.47. The van der Waals surface area contributed by atoms with Gasteiger partial charge in [0.15, 0.2) is 21.4 Å². The van der Waals surface area contributed by atoms with Crippen LogP contribution < -0.4 is 0 Å². The van der Waals surface area contributed by atoms with Gasteiger partial charge in [-0.1, -0.05) is 65.7 Å². The standard InChI is InChI=1S/C44H67NO7S/c1-8-9-19-31(39(49)36(48)24-30-17-16-18-30)25-35(47)38-37-34(42(37,5)6)28-45(38)40(50)33(43(7)20-12-10-13-21-43)26-32(46)27-44(22-14-11-15-23-44)29-53(51,52)41(2,3)4/h1,30-31,33-34,37-38H,9-29H2,2-7H3/t31?,33-,34?,37+,38-/m1/s1. The molecule has 2 unspecified atom stereocenters. The number of sulfone groups is 1. The molecule has 0 aromatic heterocycles. The second-order valence-electron chi connectivity index (χ2n) is 19.9. The molecule has 5 atom stereocenters. The monoisotopic (exact) mass is 753 g/mol. The van der Waals surface area contributed by atoms with Crippen LogP contribution in [-0.4, -0.2) is 65.4 Å². The van der Waals surface area contributed by atoms with Gasteiger partial charge in [-0.2, -0.15) is 0 Å². The fourth-order valence-electron chi connectivity index (χ4n) is 10.7. The first kappa shape index (κ1) is 41.8. The van der Waals surface area contributed by atoms with Gasteiger partial charge in [0, 0.05) is 44.6 Å². The summed E-state index contributed by atoms with van der Waals surface area (Å²) in [6.45, 7) is 12.0. The van der Waals surface area contributed by atoms with Crippen LogP contribution in [0.5, 0.6) is 0 Å². The van der Waals surface area contributed by atoms with E-state index in [1.807, 2.05) is 0 Å². The highest BCUT2D eigenvalue weighted by Crippen LogP contribution is 2.65. The molecule has 1 saturated heterocycles. The molecule has 53 heavy (non-hydrogen) atoms. The van der Waals surface area contributed by atoms with E-state index in [1.165, 1.54) is 0 Å². The van der Waals surface area contributed by atoms with Crippen molar-refractivity contribution < 1.29 is 32.4 Å². The maximum absolute atomic E-state index is 15.0. The lowest BCUT2D eigenvalue weighted by atomic mass is 9.64. The van der Waals surface area contributed by atoms with Crippen molar-refractivity contribution >= 4 is 38.9 Å². The number of ketones is 4. The van der Waals surface area contributed by atoms with Crippen molar-refractivity contribution in [2.45, 2.75) is 174 Å². The van der Waals surface area contributed by atoms with Crippen LogP contribution in [0.2, 0.25) is 0 Å². The Hall–Kier alpha value is -2.34. The molecule has 8 nitrogen and oxygen atoms in total. The van der Waals surface area contributed by atoms with Crippen molar-refractivity contribution in [3.63, 3.8) is 0 Å². The molecule has 4 aliphatic carbocycles. The smallest absolute Gasteiger partial charge is 0.227 e. The van der Waals surface area contributed by atoms with Gasteiger partial charge in [-0.3, -0.25) is 24.0 Å². The fourth-order valence-corrected chi connectivity index (χ4v) is 12.3. The lowest BCUT2D eigenvalue weighted by Gasteiger charge is -2.44. The Morgan fingerprint density at radius 3 is 2.02 bits per heavy atom. The van der Waals surface area contributed by atoms with E-state index in [1.54, 1.807) is 25.7 Å². The number of nitrogens with zero attached hydrogens (tertiary/aromatic N) is 1. The lowest BCUT2D eigenvalue weighted by Crippen LogP contribution is -2.52. The summed E-state index contributed by atoms with van der Waals surface area (Å²) < 4.78 is 26.1. The number of amides is 1. The maximum Gasteiger partial charge on any atom is 0.227 e. The van der Waals surface area contributed by atoms with Crippen LogP contribution in [0.3, 0.4) is 0 Å². The van der Waals surface area contributed by atoms with Crippen LogP contribution in [0, 0.1) is 58.2 Å². The molecule has 4 saturated carbocycles. The zero-order chi connectivity index (χ0) is 39.0. The maximum atomic E-state index is 15.0. The highest BCUT2D eigenvalue weighted by Gasteiger charge is 2.69. The number of rotatable bonds is 17. The summed E-state index contributed by atoms with van der Waals surface area (Å²) >= 11 is 0. The first-order valence-corrected chi connectivity index (χ1v) is 22.5. The molecule has 0 bridgehead atoms. The highest BCUT2D eigenvalue weighted by atomic mass is 32.2. The van der Waals surface area contributed by atoms with E-state index in [0.717, 1.165) is 70.6 Å². The van der Waals surface area contributed by atoms with Crippen LogP contribution in [0.15, 0.2) is 0 Å². The van der Waals surface area contributed by atoms with Crippen molar-refractivity contribution in [1.82, 2.24) is 4.90 Å². The highest BCUT2D eigenvalue weighted by molar-refractivity contribution is 7.92. The molecule has 1 amide bonds. The van der Waals surface area contributed by atoms with Crippen LogP contribution in [0.4, 0.5) is 0 Å². The zero-order valence-electron chi connectivity index (χ0n) is 33.6. The first-order valence-electron chi connectivity index (χ1n) is 20.8. The molecule has 5 aliphatic rings. The number of Topliss-reactive ketones (excluding diaryl/α,β-unsaturated/α-hetero) is 4. The Kier molecular flexibility index (Phi) is 12.6. The predicted molar refractivity (Wildman–Crippen MR) is 207 cm³/mol. The summed E-state index contributed by atoms with van der Waals surface area (Å²) in [4.78, 5) is 72.1. The second kappa shape index (κ2) is 16.0. The van der Waals surface area contributed by atoms with E-state index in [2.05, 4.69) is 26.7 Å². The van der Waals surface area contributed by atoms with Gasteiger partial charge < -0.3 is 4.90 Å². The molecule has 5 rings (SSSR count). The summed E-state index contributed by atoms with van der Waals surface area (Å²) in [5.41, 5.74) is -1.19. The van der Waals surface area contributed by atoms with Crippen LogP contribution in [0.1, 0.15) is 164 Å². The molecule has 1 aliphatic heterocycles. The van der Waals surface area contributed by atoms with Crippen molar-refractivity contribution in [1.29, 1.82) is 0 Å². The van der Waals surface area contributed by atoms with E-state index in [4.69, 9.17) is 6.42 Å². The Balaban J connectivity index is 1.39. The lowest BCUT2D eigenvalue weighted by molar-refractivity contribution is -0.150. The summed E-state index contributed by atoms with van der Waals surface area (Å²) in [6.07, 6.45) is 18.2. The Morgan fingerprint density at radius 1 is 0.868 bits per heavy atom. The summed E-state index contributed by atoms with van der Waals surface area (Å²) in [6, 6.07) is -0.711. The molecule has 0 radical (unpaired) electrons. The Labute approximate surface area is 320 Å². The summed E-state index contributed by atoms with van der Waals surface area (Å²) in [7, 11) is -3.47. The molecule has 0 aromatic rings. The van der Waals surface area contributed by atoms with E-state index in [-0.39, 0.29) is 84.9 Å². The molecule has 9 heteroatoms. The SMILES string of the molecule is C#CCCC(CC(=O)[C@@H]1[C@@H]2C(CN1C(=O)[C@@H](CC(=O)CC1(CS(=O)(=O)C(C)(C)C)CCCCC1)C1(C)CCCCC1)C2(C)C)C(=O)C(=O)CC1CCC1. The third-order valence-corrected chi connectivity index (χ3v) is 17.6. The second-order valence-corrected chi connectivity index (χ2v) is 22.6. The van der Waals surface area contributed by atoms with Gasteiger partial charge in [0.25, 0.3) is 0 Å². The first-order chi connectivity index (χ1) is 24.8. The summed E-state index contributed by atoms with van der Waals surface area (Å²) in [5.74, 6) is 0.160. The fraction of sp³-hybridized carbons (Fsp3) is 0.841. The number of likely N-dealkylation sites (tertiary alicyclic amines) is 1. The number of piperidine rings is 1. The van der Waals surface area contributed by atoms with Gasteiger partial charge in [0.05, 0.1) is 22.5 Å². The van der Waals surface area contributed by atoms with Gasteiger partial charge in [-0.15, -0.1) is 12.3 Å². The molecule has 1 heterocycles. The van der Waals surface area contributed by atoms with E-state index in [9.17, 15) is 27.6 Å². The molecule has 0 spiro atoms. The van der Waals surface area contributed by atoms with E-state index >= 15 is 4.79 Å². The number of carbonyl (C=O) groups is 5. The van der Waals surface area contributed by atoms with Crippen molar-refractivity contribution in [2.24, 2.45) is 45.8 Å². The van der Waals surface area contributed by atoms with Crippen molar-refractivity contribution in [3.8, 4) is 12.3 Å². The normalized spacial score (nSPS) is 27.4. The third kappa shape index (κ3) is 9.05. The average molecular weight is 754 g/mol. The van der Waals surface area contributed by atoms with Gasteiger partial charge >= 0.3 is 0 Å². The van der Waals surface area contributed by atoms with Gasteiger partial charge in [-0.25, -0.2) is 8.42 Å². The molecule has 5 fully saturated rings. The molecule has 0 N–H and O–H groups in total. The van der Waals surface area contributed by atoms with Crippen molar-refractivity contribution in [2.75, 3.05) is 12.3 Å². The number of terminal acetylenes is 1. The van der Waals surface area contributed by atoms with Gasteiger partial charge in [-0.05, 0) is 99.7 Å². The molecule has 0 aromatic carbocycles. The number of fused-ring (bicyclic) bond motifs is 1. The molecular weight excluding hydrogens is 687 g/mol. The predicted octanol–water partition coefficient (Wildman–Crippen LogP) is 7.89.